The molecule has 1 aromatic carbocycles. The largest absolute Gasteiger partial charge is 0.323 e. The highest BCUT2D eigenvalue weighted by molar-refractivity contribution is 7.19. The number of fused-ring (bicyclic) bond motifs is 1. The van der Waals surface area contributed by atoms with Crippen LogP contribution in [0.1, 0.15) is 39.6 Å². The summed E-state index contributed by atoms with van der Waals surface area (Å²) >= 11 is 2.91. The maximum absolute atomic E-state index is 12.8. The number of nitrogens with one attached hydrogen (secondary N) is 2. The number of amides is 1. The van der Waals surface area contributed by atoms with E-state index in [0.29, 0.717) is 17.3 Å². The zero-order chi connectivity index (χ0) is 23.8. The summed E-state index contributed by atoms with van der Waals surface area (Å²) in [4.78, 5) is 26.8. The molecule has 0 aliphatic heterocycles. The Kier molecular flexibility index (Phi) is 5.63. The number of imidazole rings is 1. The molecule has 5 aromatic rings. The zero-order valence-corrected chi connectivity index (χ0v) is 20.4. The van der Waals surface area contributed by atoms with Gasteiger partial charge in [0.05, 0.1) is 28.3 Å². The van der Waals surface area contributed by atoms with Crippen LogP contribution in [0.5, 0.6) is 0 Å². The summed E-state index contributed by atoms with van der Waals surface area (Å²) in [6.07, 6.45) is 6.43. The zero-order valence-electron chi connectivity index (χ0n) is 18.8. The quantitative estimate of drug-likeness (QED) is 0.236. The molecule has 9 heteroatoms. The SMILES string of the molecule is C=NCc1ccccc1NC(=O)c1ccc(Nc2nc(-c3cnc4c(C5CC5)cccn34)cs2)s1. The number of aromatic nitrogens is 3. The van der Waals surface area contributed by atoms with Gasteiger partial charge in [0.15, 0.2) is 5.13 Å². The van der Waals surface area contributed by atoms with Gasteiger partial charge in [0, 0.05) is 17.3 Å². The molecule has 174 valence electrons. The van der Waals surface area contributed by atoms with Crippen LogP contribution >= 0.6 is 22.7 Å². The van der Waals surface area contributed by atoms with Gasteiger partial charge < -0.3 is 10.6 Å². The molecular weight excluding hydrogens is 476 g/mol. The van der Waals surface area contributed by atoms with E-state index in [2.05, 4.69) is 43.9 Å². The maximum atomic E-state index is 12.8. The van der Waals surface area contributed by atoms with Crippen molar-refractivity contribution in [1.82, 2.24) is 14.4 Å². The van der Waals surface area contributed by atoms with Crippen LogP contribution < -0.4 is 10.6 Å². The van der Waals surface area contributed by atoms with E-state index >= 15 is 0 Å². The number of para-hydroxylation sites is 1. The summed E-state index contributed by atoms with van der Waals surface area (Å²) in [6, 6.07) is 15.6. The van der Waals surface area contributed by atoms with E-state index in [4.69, 9.17) is 4.98 Å². The molecule has 7 nitrogen and oxygen atoms in total. The number of nitrogens with zero attached hydrogens (tertiary/aromatic N) is 4. The van der Waals surface area contributed by atoms with E-state index in [1.54, 1.807) is 0 Å². The van der Waals surface area contributed by atoms with Crippen molar-refractivity contribution in [2.45, 2.75) is 25.3 Å². The van der Waals surface area contributed by atoms with Gasteiger partial charge in [-0.3, -0.25) is 14.2 Å². The average molecular weight is 499 g/mol. The average Bonchev–Trinajstić information content (AvgIpc) is 3.23. The lowest BCUT2D eigenvalue weighted by molar-refractivity contribution is 0.103. The lowest BCUT2D eigenvalue weighted by Gasteiger charge is -2.08. The second-order valence-electron chi connectivity index (χ2n) is 8.39. The van der Waals surface area contributed by atoms with Crippen molar-refractivity contribution < 1.29 is 4.79 Å². The van der Waals surface area contributed by atoms with Gasteiger partial charge in [0.1, 0.15) is 11.3 Å². The van der Waals surface area contributed by atoms with Crippen LogP contribution in [0.4, 0.5) is 15.8 Å². The summed E-state index contributed by atoms with van der Waals surface area (Å²) < 4.78 is 2.12. The number of anilines is 3. The Hall–Kier alpha value is -3.82. The molecule has 0 radical (unpaired) electrons. The second kappa shape index (κ2) is 9.09. The normalized spacial score (nSPS) is 13.1. The molecule has 2 N–H and O–H groups in total. The van der Waals surface area contributed by atoms with Crippen LogP contribution in [0.25, 0.3) is 17.0 Å². The molecule has 1 fully saturated rings. The number of carbonyl (C=O) groups excluding carboxylic acids is 1. The molecule has 0 atom stereocenters. The van der Waals surface area contributed by atoms with Gasteiger partial charge in [-0.2, -0.15) is 0 Å². The molecule has 6 rings (SSSR count). The maximum Gasteiger partial charge on any atom is 0.265 e. The molecule has 1 saturated carbocycles. The van der Waals surface area contributed by atoms with Crippen LogP contribution in [-0.4, -0.2) is 27.0 Å². The van der Waals surface area contributed by atoms with E-state index in [0.717, 1.165) is 38.4 Å². The number of thiophene rings is 1. The Balaban J connectivity index is 1.17. The molecule has 0 saturated heterocycles. The smallest absolute Gasteiger partial charge is 0.265 e. The third-order valence-electron chi connectivity index (χ3n) is 5.96. The van der Waals surface area contributed by atoms with Gasteiger partial charge in [0.25, 0.3) is 5.91 Å². The number of aliphatic imine (C=N–C) groups is 1. The van der Waals surface area contributed by atoms with Gasteiger partial charge in [-0.05, 0) is 60.9 Å². The highest BCUT2D eigenvalue weighted by Crippen LogP contribution is 2.42. The molecule has 35 heavy (non-hydrogen) atoms. The Morgan fingerprint density at radius 3 is 2.91 bits per heavy atom. The van der Waals surface area contributed by atoms with E-state index < -0.39 is 0 Å². The third kappa shape index (κ3) is 4.36. The number of pyridine rings is 1. The monoisotopic (exact) mass is 498 g/mol. The predicted octanol–water partition coefficient (Wildman–Crippen LogP) is 6.59. The minimum Gasteiger partial charge on any atom is -0.323 e. The molecule has 0 bridgehead atoms. The summed E-state index contributed by atoms with van der Waals surface area (Å²) in [5.74, 6) is 0.482. The number of rotatable bonds is 8. The van der Waals surface area contributed by atoms with Crippen LogP contribution in [0, 0.1) is 0 Å². The predicted molar refractivity (Wildman–Crippen MR) is 144 cm³/mol. The second-order valence-corrected chi connectivity index (χ2v) is 10.3. The fourth-order valence-electron chi connectivity index (χ4n) is 4.10. The van der Waals surface area contributed by atoms with Crippen molar-refractivity contribution >= 4 is 56.8 Å². The van der Waals surface area contributed by atoms with E-state index in [1.807, 2.05) is 54.2 Å². The summed E-state index contributed by atoms with van der Waals surface area (Å²) in [5, 5.41) is 9.97. The van der Waals surface area contributed by atoms with Gasteiger partial charge in [-0.25, -0.2) is 9.97 Å². The lowest BCUT2D eigenvalue weighted by atomic mass is 10.2. The van der Waals surface area contributed by atoms with Crippen LogP contribution in [-0.2, 0) is 6.54 Å². The van der Waals surface area contributed by atoms with Crippen molar-refractivity contribution in [2.75, 3.05) is 10.6 Å². The molecule has 0 spiro atoms. The molecule has 4 aromatic heterocycles. The minimum absolute atomic E-state index is 0.156. The van der Waals surface area contributed by atoms with E-state index in [9.17, 15) is 4.79 Å². The van der Waals surface area contributed by atoms with Gasteiger partial charge in [-0.15, -0.1) is 22.7 Å². The summed E-state index contributed by atoms with van der Waals surface area (Å²) in [7, 11) is 0. The number of benzene rings is 1. The number of hydrogen-bond donors (Lipinski definition) is 2. The van der Waals surface area contributed by atoms with Crippen molar-refractivity contribution in [3.63, 3.8) is 0 Å². The summed E-state index contributed by atoms with van der Waals surface area (Å²) in [6.45, 7) is 4.00. The first-order chi connectivity index (χ1) is 17.2. The van der Waals surface area contributed by atoms with Crippen molar-refractivity contribution in [3.05, 3.63) is 82.3 Å². The topological polar surface area (TPSA) is 83.7 Å². The minimum atomic E-state index is -0.156. The number of hydrogen-bond acceptors (Lipinski definition) is 7. The van der Waals surface area contributed by atoms with Crippen molar-refractivity contribution in [1.29, 1.82) is 0 Å². The fourth-order valence-corrected chi connectivity index (χ4v) is 5.68. The third-order valence-corrected chi connectivity index (χ3v) is 7.71. The standard InChI is InChI=1S/C26H22N6OS2/c1-27-13-17-5-2-3-7-19(17)29-25(33)22-10-11-23(35-22)31-26-30-20(15-34-26)21-14-28-24-18(16-8-9-16)6-4-12-32(21)24/h2-7,10-12,14-16H,1,8-9,13H2,(H,29,33)(H,30,31). The Labute approximate surface area is 210 Å². The Bertz CT molecular complexity index is 1540. The first-order valence-corrected chi connectivity index (χ1v) is 13.0. The van der Waals surface area contributed by atoms with Crippen molar-refractivity contribution in [3.8, 4) is 11.4 Å². The molecule has 1 aliphatic rings. The number of thiazole rings is 1. The molecule has 4 heterocycles. The fraction of sp³-hybridized carbons (Fsp3) is 0.154. The van der Waals surface area contributed by atoms with E-state index in [1.165, 1.54) is 41.1 Å². The molecule has 1 amide bonds. The molecule has 0 unspecified atom stereocenters. The summed E-state index contributed by atoms with van der Waals surface area (Å²) in [5.41, 5.74) is 5.87. The van der Waals surface area contributed by atoms with E-state index in [-0.39, 0.29) is 5.91 Å². The van der Waals surface area contributed by atoms with Gasteiger partial charge in [-0.1, -0.05) is 24.3 Å². The first-order valence-electron chi connectivity index (χ1n) is 11.3. The lowest BCUT2D eigenvalue weighted by Crippen LogP contribution is -2.11. The van der Waals surface area contributed by atoms with Crippen LogP contribution in [0.3, 0.4) is 0 Å². The molecular formula is C26H22N6OS2. The van der Waals surface area contributed by atoms with Crippen LogP contribution in [0.15, 0.2) is 71.3 Å². The number of carbonyl (C=O) groups is 1. The highest BCUT2D eigenvalue weighted by atomic mass is 32.1. The Morgan fingerprint density at radius 2 is 2.06 bits per heavy atom. The van der Waals surface area contributed by atoms with Crippen LogP contribution in [0.2, 0.25) is 0 Å². The van der Waals surface area contributed by atoms with Crippen molar-refractivity contribution in [2.24, 2.45) is 4.99 Å². The molecule has 1 aliphatic carbocycles. The highest BCUT2D eigenvalue weighted by Gasteiger charge is 2.26. The Morgan fingerprint density at radius 1 is 1.17 bits per heavy atom. The van der Waals surface area contributed by atoms with Gasteiger partial charge >= 0.3 is 0 Å². The first kappa shape index (κ1) is 21.7. The van der Waals surface area contributed by atoms with Gasteiger partial charge in [0.2, 0.25) is 0 Å².